The normalized spacial score (nSPS) is 11.2. The molecule has 4 aromatic carbocycles. The first-order valence-electron chi connectivity index (χ1n) is 11.0. The number of sulfonamides is 1. The minimum Gasteiger partial charge on any atom is -0.497 e. The van der Waals surface area contributed by atoms with Gasteiger partial charge in [-0.2, -0.15) is 0 Å². The number of nitrogens with one attached hydrogen (secondary N) is 1. The number of methoxy groups -OCH3 is 1. The Bertz CT molecular complexity index is 1350. The molecule has 1 amide bonds. The molecule has 0 heterocycles. The quantitative estimate of drug-likeness (QED) is 0.379. The van der Waals surface area contributed by atoms with Crippen molar-refractivity contribution in [3.63, 3.8) is 0 Å². The molecule has 6 nitrogen and oxygen atoms in total. The van der Waals surface area contributed by atoms with Crippen LogP contribution in [0.3, 0.4) is 0 Å². The summed E-state index contributed by atoms with van der Waals surface area (Å²) in [6.07, 6.45) is 0. The Morgan fingerprint density at radius 2 is 1.37 bits per heavy atom. The second-order valence-electron chi connectivity index (χ2n) is 7.93. The third kappa shape index (κ3) is 5.36. The molecule has 0 spiro atoms. The molecule has 178 valence electrons. The summed E-state index contributed by atoms with van der Waals surface area (Å²) in [6.45, 7) is 0. The van der Waals surface area contributed by atoms with Gasteiger partial charge in [-0.25, -0.2) is 8.42 Å². The maximum Gasteiger partial charge on any atom is 0.264 e. The van der Waals surface area contributed by atoms with Gasteiger partial charge in [0.15, 0.2) is 0 Å². The molecule has 0 aliphatic rings. The maximum atomic E-state index is 13.3. The van der Waals surface area contributed by atoms with Crippen LogP contribution >= 0.6 is 0 Å². The molecule has 0 aliphatic heterocycles. The van der Waals surface area contributed by atoms with Crippen molar-refractivity contribution in [2.75, 3.05) is 18.5 Å². The fourth-order valence-electron chi connectivity index (χ4n) is 3.75. The first-order chi connectivity index (χ1) is 16.9. The summed E-state index contributed by atoms with van der Waals surface area (Å²) in [5.41, 5.74) is 2.59. The first kappa shape index (κ1) is 24.0. The molecular formula is C28H26N2O4S. The van der Waals surface area contributed by atoms with Gasteiger partial charge in [-0.05, 0) is 53.6 Å². The molecule has 1 N–H and O–H groups in total. The Morgan fingerprint density at radius 3 is 1.91 bits per heavy atom. The van der Waals surface area contributed by atoms with E-state index in [9.17, 15) is 13.2 Å². The fraction of sp³-hybridized carbons (Fsp3) is 0.107. The number of rotatable bonds is 8. The highest BCUT2D eigenvalue weighted by molar-refractivity contribution is 7.92. The molecule has 0 fully saturated rings. The smallest absolute Gasteiger partial charge is 0.264 e. The van der Waals surface area contributed by atoms with E-state index >= 15 is 0 Å². The van der Waals surface area contributed by atoms with Gasteiger partial charge in [0.1, 0.15) is 5.75 Å². The zero-order valence-electron chi connectivity index (χ0n) is 19.5. The second kappa shape index (κ2) is 10.4. The predicted molar refractivity (Wildman–Crippen MR) is 137 cm³/mol. The van der Waals surface area contributed by atoms with E-state index in [1.54, 1.807) is 43.5 Å². The van der Waals surface area contributed by atoms with Crippen LogP contribution in [0.25, 0.3) is 0 Å². The lowest BCUT2D eigenvalue weighted by Gasteiger charge is -2.21. The number of nitrogens with zero attached hydrogens (tertiary/aromatic N) is 1. The minimum atomic E-state index is -3.89. The summed E-state index contributed by atoms with van der Waals surface area (Å²) in [5, 5.41) is 3.06. The molecule has 4 rings (SSSR count). The largest absolute Gasteiger partial charge is 0.497 e. The molecule has 0 radical (unpaired) electrons. The van der Waals surface area contributed by atoms with Crippen LogP contribution in [0.4, 0.5) is 5.69 Å². The van der Waals surface area contributed by atoms with E-state index in [1.807, 2.05) is 60.7 Å². The Morgan fingerprint density at radius 1 is 0.800 bits per heavy atom. The predicted octanol–water partition coefficient (Wildman–Crippen LogP) is 5.04. The van der Waals surface area contributed by atoms with E-state index in [0.29, 0.717) is 11.4 Å². The van der Waals surface area contributed by atoms with Crippen molar-refractivity contribution in [3.05, 3.63) is 126 Å². The lowest BCUT2D eigenvalue weighted by Crippen LogP contribution is -2.30. The van der Waals surface area contributed by atoms with Gasteiger partial charge in [0.05, 0.1) is 23.7 Å². The summed E-state index contributed by atoms with van der Waals surface area (Å²) in [4.78, 5) is 13.3. The number of carbonyl (C=O) groups is 1. The van der Waals surface area contributed by atoms with Gasteiger partial charge in [0.2, 0.25) is 0 Å². The van der Waals surface area contributed by atoms with Crippen molar-refractivity contribution in [2.24, 2.45) is 0 Å². The second-order valence-corrected chi connectivity index (χ2v) is 9.90. The van der Waals surface area contributed by atoms with Crippen LogP contribution < -0.4 is 14.4 Å². The highest BCUT2D eigenvalue weighted by Crippen LogP contribution is 2.26. The Kier molecular flexibility index (Phi) is 7.17. The van der Waals surface area contributed by atoms with Gasteiger partial charge in [0, 0.05) is 12.6 Å². The van der Waals surface area contributed by atoms with E-state index in [-0.39, 0.29) is 22.4 Å². The lowest BCUT2D eigenvalue weighted by atomic mass is 9.98. The number of anilines is 1. The zero-order valence-corrected chi connectivity index (χ0v) is 20.3. The van der Waals surface area contributed by atoms with Crippen LogP contribution in [0, 0.1) is 0 Å². The van der Waals surface area contributed by atoms with E-state index in [4.69, 9.17) is 4.74 Å². The summed E-state index contributed by atoms with van der Waals surface area (Å²) >= 11 is 0. The Labute approximate surface area is 205 Å². The topological polar surface area (TPSA) is 75.7 Å². The average Bonchev–Trinajstić information content (AvgIpc) is 2.92. The van der Waals surface area contributed by atoms with Crippen molar-refractivity contribution in [2.45, 2.75) is 10.9 Å². The van der Waals surface area contributed by atoms with Crippen molar-refractivity contribution in [1.29, 1.82) is 0 Å². The molecular weight excluding hydrogens is 460 g/mol. The van der Waals surface area contributed by atoms with Crippen LogP contribution in [-0.4, -0.2) is 28.5 Å². The summed E-state index contributed by atoms with van der Waals surface area (Å²) < 4.78 is 32.9. The van der Waals surface area contributed by atoms with Crippen LogP contribution in [0.2, 0.25) is 0 Å². The van der Waals surface area contributed by atoms with Gasteiger partial charge in [-0.3, -0.25) is 9.10 Å². The number of hydrogen-bond donors (Lipinski definition) is 1. The van der Waals surface area contributed by atoms with Crippen molar-refractivity contribution >= 4 is 21.6 Å². The molecule has 4 aromatic rings. The van der Waals surface area contributed by atoms with Gasteiger partial charge in [-0.1, -0.05) is 66.7 Å². The number of carbonyl (C=O) groups excluding carboxylic acids is 1. The average molecular weight is 487 g/mol. The standard InChI is InChI=1S/C28H26N2O4S/c1-30(24-16-18-25(34-2)19-17-24)35(32,33)26-15-9-14-23(20-26)28(31)29-27(21-10-5-3-6-11-21)22-12-7-4-8-13-22/h3-20,27H,1-2H3,(H,29,31). The van der Waals surface area contributed by atoms with Crippen LogP contribution in [-0.2, 0) is 10.0 Å². The molecule has 0 atom stereocenters. The number of amides is 1. The van der Waals surface area contributed by atoms with Crippen LogP contribution in [0.5, 0.6) is 5.75 Å². The van der Waals surface area contributed by atoms with E-state index in [2.05, 4.69) is 5.32 Å². The van der Waals surface area contributed by atoms with Gasteiger partial charge in [-0.15, -0.1) is 0 Å². The molecule has 0 unspecified atom stereocenters. The maximum absolute atomic E-state index is 13.3. The van der Waals surface area contributed by atoms with Gasteiger partial charge in [0.25, 0.3) is 15.9 Å². The molecule has 35 heavy (non-hydrogen) atoms. The van der Waals surface area contributed by atoms with Crippen molar-refractivity contribution < 1.29 is 17.9 Å². The molecule has 0 bridgehead atoms. The Balaban J connectivity index is 1.61. The van der Waals surface area contributed by atoms with Crippen LogP contribution in [0.1, 0.15) is 27.5 Å². The number of ether oxygens (including phenoxy) is 1. The highest BCUT2D eigenvalue weighted by atomic mass is 32.2. The van der Waals surface area contributed by atoms with Gasteiger partial charge >= 0.3 is 0 Å². The Hall–Kier alpha value is -4.10. The lowest BCUT2D eigenvalue weighted by molar-refractivity contribution is 0.0942. The monoisotopic (exact) mass is 486 g/mol. The minimum absolute atomic E-state index is 0.0273. The third-order valence-corrected chi connectivity index (χ3v) is 7.51. The summed E-state index contributed by atoms with van der Waals surface area (Å²) in [6, 6.07) is 31.7. The molecule has 7 heteroatoms. The zero-order chi connectivity index (χ0) is 24.8. The third-order valence-electron chi connectivity index (χ3n) is 5.73. The molecule has 0 aliphatic carbocycles. The highest BCUT2D eigenvalue weighted by Gasteiger charge is 2.24. The SMILES string of the molecule is COc1ccc(N(C)S(=O)(=O)c2cccc(C(=O)NC(c3ccccc3)c3ccccc3)c2)cc1. The molecule has 0 saturated carbocycles. The summed E-state index contributed by atoms with van der Waals surface area (Å²) in [5.74, 6) is 0.261. The van der Waals surface area contributed by atoms with E-state index < -0.39 is 10.0 Å². The number of benzene rings is 4. The molecule has 0 saturated heterocycles. The number of hydrogen-bond acceptors (Lipinski definition) is 4. The van der Waals surface area contributed by atoms with Crippen molar-refractivity contribution in [1.82, 2.24) is 5.32 Å². The summed E-state index contributed by atoms with van der Waals surface area (Å²) in [7, 11) is -0.863. The fourth-order valence-corrected chi connectivity index (χ4v) is 4.99. The van der Waals surface area contributed by atoms with Crippen molar-refractivity contribution in [3.8, 4) is 5.75 Å². The molecule has 0 aromatic heterocycles. The van der Waals surface area contributed by atoms with E-state index in [1.165, 1.54) is 23.5 Å². The first-order valence-corrected chi connectivity index (χ1v) is 12.5. The van der Waals surface area contributed by atoms with E-state index in [0.717, 1.165) is 11.1 Å². The van der Waals surface area contributed by atoms with Crippen LogP contribution in [0.15, 0.2) is 114 Å². The van der Waals surface area contributed by atoms with Gasteiger partial charge < -0.3 is 10.1 Å².